The molecule has 0 heterocycles. The smallest absolute Gasteiger partial charge is 0.307 e. The Labute approximate surface area is 100 Å². The molecule has 0 spiro atoms. The van der Waals surface area contributed by atoms with Crippen LogP contribution >= 0.6 is 0 Å². The third-order valence-electron chi connectivity index (χ3n) is 3.47. The van der Waals surface area contributed by atoms with Crippen LogP contribution in [0.3, 0.4) is 0 Å². The molecular formula is C14H16O3. The van der Waals surface area contributed by atoms with Crippen LogP contribution in [0.2, 0.25) is 0 Å². The van der Waals surface area contributed by atoms with Gasteiger partial charge in [-0.15, -0.1) is 0 Å². The zero-order valence-electron chi connectivity index (χ0n) is 9.85. The van der Waals surface area contributed by atoms with Crippen LogP contribution in [-0.2, 0) is 4.79 Å². The van der Waals surface area contributed by atoms with Gasteiger partial charge in [0.1, 0.15) is 0 Å². The highest BCUT2D eigenvalue weighted by Gasteiger charge is 2.37. The summed E-state index contributed by atoms with van der Waals surface area (Å²) in [5.74, 6) is -1.69. The van der Waals surface area contributed by atoms with Crippen LogP contribution in [0.5, 0.6) is 0 Å². The summed E-state index contributed by atoms with van der Waals surface area (Å²) in [6.45, 7) is 1.93. The fraction of sp³-hybridized carbons (Fsp3) is 0.429. The normalized spacial score (nSPS) is 23.6. The Morgan fingerprint density at radius 1 is 1.24 bits per heavy atom. The Morgan fingerprint density at radius 2 is 1.94 bits per heavy atom. The van der Waals surface area contributed by atoms with Crippen LogP contribution in [-0.4, -0.2) is 16.9 Å². The Balaban J connectivity index is 2.23. The Morgan fingerprint density at radius 3 is 2.59 bits per heavy atom. The third-order valence-corrected chi connectivity index (χ3v) is 3.47. The van der Waals surface area contributed by atoms with Crippen molar-refractivity contribution in [3.05, 3.63) is 35.4 Å². The molecule has 0 amide bonds. The third kappa shape index (κ3) is 2.38. The Kier molecular flexibility index (Phi) is 3.27. The summed E-state index contributed by atoms with van der Waals surface area (Å²) in [7, 11) is 0. The summed E-state index contributed by atoms with van der Waals surface area (Å²) in [5.41, 5.74) is 1.67. The summed E-state index contributed by atoms with van der Waals surface area (Å²) in [5, 5.41) is 9.08. The number of aliphatic carboxylic acids is 1. The van der Waals surface area contributed by atoms with Gasteiger partial charge in [0, 0.05) is 11.5 Å². The second-order valence-electron chi connectivity index (χ2n) is 4.72. The molecule has 1 fully saturated rings. The van der Waals surface area contributed by atoms with Crippen LogP contribution in [0.25, 0.3) is 0 Å². The minimum absolute atomic E-state index is 0.0152. The first-order chi connectivity index (χ1) is 8.09. The highest BCUT2D eigenvalue weighted by Crippen LogP contribution is 2.34. The number of carboxylic acid groups (broad SMARTS) is 1. The number of hydrogen-bond acceptors (Lipinski definition) is 2. The maximum Gasteiger partial charge on any atom is 0.307 e. The first kappa shape index (κ1) is 11.8. The number of carbonyl (C=O) groups excluding carboxylic acids is 1. The molecule has 0 unspecified atom stereocenters. The first-order valence-corrected chi connectivity index (χ1v) is 5.93. The quantitative estimate of drug-likeness (QED) is 0.815. The molecule has 1 aliphatic rings. The summed E-state index contributed by atoms with van der Waals surface area (Å²) in [6.07, 6.45) is 2.15. The lowest BCUT2D eigenvalue weighted by molar-refractivity contribution is -0.142. The molecule has 2 rings (SSSR count). The maximum absolute atomic E-state index is 12.3. The number of carboxylic acids is 1. The second kappa shape index (κ2) is 4.70. The number of hydrogen-bond donors (Lipinski definition) is 1. The van der Waals surface area contributed by atoms with E-state index < -0.39 is 11.9 Å². The second-order valence-corrected chi connectivity index (χ2v) is 4.72. The molecule has 90 valence electrons. The molecule has 3 heteroatoms. The zero-order chi connectivity index (χ0) is 12.4. The van der Waals surface area contributed by atoms with Crippen LogP contribution in [0.1, 0.15) is 35.2 Å². The van der Waals surface area contributed by atoms with E-state index in [9.17, 15) is 9.59 Å². The largest absolute Gasteiger partial charge is 0.481 e. The van der Waals surface area contributed by atoms with Gasteiger partial charge in [0.05, 0.1) is 5.92 Å². The van der Waals surface area contributed by atoms with Gasteiger partial charge in [-0.25, -0.2) is 0 Å². The lowest BCUT2D eigenvalue weighted by Gasteiger charge is -2.14. The van der Waals surface area contributed by atoms with E-state index in [1.54, 1.807) is 6.07 Å². The van der Waals surface area contributed by atoms with Gasteiger partial charge >= 0.3 is 5.97 Å². The summed E-state index contributed by atoms with van der Waals surface area (Å²) >= 11 is 0. The van der Waals surface area contributed by atoms with Crippen LogP contribution in [0.15, 0.2) is 24.3 Å². The predicted octanol–water partition coefficient (Wildman–Crippen LogP) is 2.68. The standard InChI is InChI=1S/C14H16O3/c1-9-4-2-5-10(8-9)13(15)11-6-3-7-12(11)14(16)17/h2,4-5,8,11-12H,3,6-7H2,1H3,(H,16,17)/t11-,12-/m1/s1. The average molecular weight is 232 g/mol. The number of ketones is 1. The summed E-state index contributed by atoms with van der Waals surface area (Å²) < 4.78 is 0. The van der Waals surface area contributed by atoms with E-state index in [4.69, 9.17) is 5.11 Å². The molecule has 0 aromatic heterocycles. The molecule has 1 aromatic rings. The number of carbonyl (C=O) groups is 2. The molecule has 3 nitrogen and oxygen atoms in total. The van der Waals surface area contributed by atoms with Gasteiger partial charge in [0.2, 0.25) is 0 Å². The van der Waals surface area contributed by atoms with E-state index in [2.05, 4.69) is 0 Å². The van der Waals surface area contributed by atoms with E-state index in [1.165, 1.54) is 0 Å². The topological polar surface area (TPSA) is 54.4 Å². The minimum atomic E-state index is -0.839. The average Bonchev–Trinajstić information content (AvgIpc) is 2.77. The molecule has 0 saturated heterocycles. The number of Topliss-reactive ketones (excluding diaryl/α,β-unsaturated/α-hetero) is 1. The van der Waals surface area contributed by atoms with Crippen molar-refractivity contribution in [1.82, 2.24) is 0 Å². The fourth-order valence-electron chi connectivity index (χ4n) is 2.58. The first-order valence-electron chi connectivity index (χ1n) is 5.93. The Bertz CT molecular complexity index is 451. The van der Waals surface area contributed by atoms with Crippen molar-refractivity contribution in [2.75, 3.05) is 0 Å². The van der Waals surface area contributed by atoms with Crippen LogP contribution < -0.4 is 0 Å². The van der Waals surface area contributed by atoms with Gasteiger partial charge in [-0.1, -0.05) is 30.2 Å². The van der Waals surface area contributed by atoms with Gasteiger partial charge < -0.3 is 5.11 Å². The fourth-order valence-corrected chi connectivity index (χ4v) is 2.58. The van der Waals surface area contributed by atoms with Crippen LogP contribution in [0, 0.1) is 18.8 Å². The molecule has 1 N–H and O–H groups in total. The molecular weight excluding hydrogens is 216 g/mol. The van der Waals surface area contributed by atoms with E-state index in [0.29, 0.717) is 18.4 Å². The van der Waals surface area contributed by atoms with Crippen LogP contribution in [0.4, 0.5) is 0 Å². The van der Waals surface area contributed by atoms with Crippen molar-refractivity contribution < 1.29 is 14.7 Å². The molecule has 0 bridgehead atoms. The van der Waals surface area contributed by atoms with E-state index in [1.807, 2.05) is 25.1 Å². The lowest BCUT2D eigenvalue weighted by Crippen LogP contribution is -2.25. The number of benzene rings is 1. The van der Waals surface area contributed by atoms with Crippen molar-refractivity contribution in [2.24, 2.45) is 11.8 Å². The van der Waals surface area contributed by atoms with Gasteiger partial charge in [0.25, 0.3) is 0 Å². The number of rotatable bonds is 3. The van der Waals surface area contributed by atoms with Crippen molar-refractivity contribution in [2.45, 2.75) is 26.2 Å². The summed E-state index contributed by atoms with van der Waals surface area (Å²) in [6, 6.07) is 7.37. The van der Waals surface area contributed by atoms with Crippen molar-refractivity contribution in [3.63, 3.8) is 0 Å². The van der Waals surface area contributed by atoms with Gasteiger partial charge in [-0.05, 0) is 25.8 Å². The molecule has 1 aromatic carbocycles. The van der Waals surface area contributed by atoms with Gasteiger partial charge in [-0.3, -0.25) is 9.59 Å². The van der Waals surface area contributed by atoms with E-state index in [-0.39, 0.29) is 11.7 Å². The van der Waals surface area contributed by atoms with E-state index >= 15 is 0 Å². The SMILES string of the molecule is Cc1cccc(C(=O)[C@@H]2CCC[C@H]2C(=O)O)c1. The minimum Gasteiger partial charge on any atom is -0.481 e. The number of aryl methyl sites for hydroxylation is 1. The highest BCUT2D eigenvalue weighted by molar-refractivity contribution is 6.00. The van der Waals surface area contributed by atoms with Gasteiger partial charge in [0.15, 0.2) is 5.78 Å². The summed E-state index contributed by atoms with van der Waals surface area (Å²) in [4.78, 5) is 23.3. The highest BCUT2D eigenvalue weighted by atomic mass is 16.4. The molecule has 0 aliphatic heterocycles. The van der Waals surface area contributed by atoms with Crippen molar-refractivity contribution >= 4 is 11.8 Å². The molecule has 1 saturated carbocycles. The van der Waals surface area contributed by atoms with Crippen molar-refractivity contribution in [1.29, 1.82) is 0 Å². The van der Waals surface area contributed by atoms with Crippen molar-refractivity contribution in [3.8, 4) is 0 Å². The molecule has 2 atom stereocenters. The van der Waals surface area contributed by atoms with E-state index in [0.717, 1.165) is 12.0 Å². The molecule has 0 radical (unpaired) electrons. The van der Waals surface area contributed by atoms with Gasteiger partial charge in [-0.2, -0.15) is 0 Å². The molecule has 17 heavy (non-hydrogen) atoms. The predicted molar refractivity (Wildman–Crippen MR) is 64.0 cm³/mol. The zero-order valence-corrected chi connectivity index (χ0v) is 9.85. The lowest BCUT2D eigenvalue weighted by atomic mass is 9.88. The maximum atomic E-state index is 12.3. The Hall–Kier alpha value is -1.64. The monoisotopic (exact) mass is 232 g/mol. The molecule has 1 aliphatic carbocycles.